The van der Waals surface area contributed by atoms with Crippen LogP contribution in [0, 0.1) is 12.8 Å². The summed E-state index contributed by atoms with van der Waals surface area (Å²) in [6.07, 6.45) is 4.19. The summed E-state index contributed by atoms with van der Waals surface area (Å²) in [5.41, 5.74) is 0.607. The number of nitrogens with one attached hydrogen (secondary N) is 1. The van der Waals surface area contributed by atoms with E-state index in [2.05, 4.69) is 11.6 Å². The van der Waals surface area contributed by atoms with Crippen LogP contribution in [-0.2, 0) is 10.0 Å². The zero-order chi connectivity index (χ0) is 14.9. The van der Waals surface area contributed by atoms with Gasteiger partial charge in [-0.15, -0.1) is 0 Å². The minimum Gasteiger partial charge on any atom is -0.208 e. The summed E-state index contributed by atoms with van der Waals surface area (Å²) in [7, 11) is -3.56. The Morgan fingerprint density at radius 1 is 1.15 bits per heavy atom. The molecular formula is C14H19Cl2NO2S. The lowest BCUT2D eigenvalue weighted by molar-refractivity contribution is 0.310. The van der Waals surface area contributed by atoms with E-state index in [0.717, 1.165) is 19.3 Å². The highest BCUT2D eigenvalue weighted by molar-refractivity contribution is 7.89. The van der Waals surface area contributed by atoms with Gasteiger partial charge in [-0.25, -0.2) is 13.1 Å². The number of rotatable bonds is 3. The monoisotopic (exact) mass is 335 g/mol. The Morgan fingerprint density at radius 2 is 1.75 bits per heavy atom. The van der Waals surface area contributed by atoms with E-state index in [4.69, 9.17) is 23.2 Å². The lowest BCUT2D eigenvalue weighted by Gasteiger charge is -2.29. The van der Waals surface area contributed by atoms with E-state index in [1.165, 1.54) is 12.5 Å². The van der Waals surface area contributed by atoms with Crippen molar-refractivity contribution in [3.8, 4) is 0 Å². The first-order chi connectivity index (χ1) is 9.31. The van der Waals surface area contributed by atoms with E-state index in [1.807, 2.05) is 0 Å². The maximum absolute atomic E-state index is 12.5. The smallest absolute Gasteiger partial charge is 0.208 e. The van der Waals surface area contributed by atoms with Crippen LogP contribution in [0.4, 0.5) is 0 Å². The molecule has 1 aliphatic rings. The Kier molecular flexibility index (Phi) is 5.00. The van der Waals surface area contributed by atoms with Crippen LogP contribution >= 0.6 is 23.2 Å². The summed E-state index contributed by atoms with van der Waals surface area (Å²) >= 11 is 11.8. The van der Waals surface area contributed by atoms with Crippen molar-refractivity contribution in [2.24, 2.45) is 5.92 Å². The van der Waals surface area contributed by atoms with Crippen LogP contribution in [0.25, 0.3) is 0 Å². The molecule has 1 aromatic rings. The molecule has 1 fully saturated rings. The van der Waals surface area contributed by atoms with Crippen molar-refractivity contribution in [1.29, 1.82) is 0 Å². The molecule has 0 aliphatic heterocycles. The molecule has 1 N–H and O–H groups in total. The van der Waals surface area contributed by atoms with Gasteiger partial charge in [-0.2, -0.15) is 0 Å². The molecule has 6 heteroatoms. The second-order valence-electron chi connectivity index (χ2n) is 5.52. The first-order valence-electron chi connectivity index (χ1n) is 6.79. The number of benzene rings is 1. The van der Waals surface area contributed by atoms with Crippen LogP contribution in [0.1, 0.15) is 38.2 Å². The maximum atomic E-state index is 12.5. The van der Waals surface area contributed by atoms with E-state index < -0.39 is 10.0 Å². The van der Waals surface area contributed by atoms with Crippen molar-refractivity contribution in [1.82, 2.24) is 4.72 Å². The zero-order valence-electron chi connectivity index (χ0n) is 11.6. The summed E-state index contributed by atoms with van der Waals surface area (Å²) in [5, 5.41) is 0.628. The summed E-state index contributed by atoms with van der Waals surface area (Å²) in [6.45, 7) is 3.81. The Morgan fingerprint density at radius 3 is 2.40 bits per heavy atom. The molecule has 20 heavy (non-hydrogen) atoms. The van der Waals surface area contributed by atoms with Gasteiger partial charge in [0, 0.05) is 6.04 Å². The third kappa shape index (κ3) is 3.48. The first-order valence-corrected chi connectivity index (χ1v) is 9.03. The fraction of sp³-hybridized carbons (Fsp3) is 0.571. The zero-order valence-corrected chi connectivity index (χ0v) is 13.9. The first kappa shape index (κ1) is 16.1. The van der Waals surface area contributed by atoms with E-state index in [9.17, 15) is 8.42 Å². The Balaban J connectivity index is 2.28. The fourth-order valence-electron chi connectivity index (χ4n) is 2.67. The number of hydrogen-bond donors (Lipinski definition) is 1. The number of halogens is 2. The molecule has 2 atom stereocenters. The van der Waals surface area contributed by atoms with Crippen molar-refractivity contribution in [2.75, 3.05) is 0 Å². The molecule has 112 valence electrons. The van der Waals surface area contributed by atoms with Gasteiger partial charge < -0.3 is 0 Å². The third-order valence-corrected chi connectivity index (χ3v) is 6.28. The lowest BCUT2D eigenvalue weighted by Crippen LogP contribution is -2.41. The third-order valence-electron chi connectivity index (χ3n) is 3.93. The molecule has 0 bridgehead atoms. The second kappa shape index (κ2) is 6.22. The van der Waals surface area contributed by atoms with Crippen molar-refractivity contribution in [3.05, 3.63) is 27.7 Å². The van der Waals surface area contributed by atoms with E-state index >= 15 is 0 Å². The predicted octanol–water partition coefficient (Wildman–Crippen LogP) is 4.16. The minimum absolute atomic E-state index is 0.00241. The van der Waals surface area contributed by atoms with Gasteiger partial charge in [-0.1, -0.05) is 43.0 Å². The Bertz CT molecular complexity index is 601. The van der Waals surface area contributed by atoms with Gasteiger partial charge in [0.1, 0.15) is 0 Å². The number of aryl methyl sites for hydroxylation is 1. The SMILES string of the molecule is Cc1cc(Cl)c(Cl)cc1S(=O)(=O)NC1CCCCC1C. The van der Waals surface area contributed by atoms with Crippen molar-refractivity contribution < 1.29 is 8.42 Å². The average molecular weight is 336 g/mol. The summed E-state index contributed by atoms with van der Waals surface area (Å²) in [5.74, 6) is 0.363. The van der Waals surface area contributed by atoms with Gasteiger partial charge in [0.2, 0.25) is 10.0 Å². The normalized spacial score (nSPS) is 23.8. The van der Waals surface area contributed by atoms with E-state index in [1.54, 1.807) is 13.0 Å². The van der Waals surface area contributed by atoms with Crippen molar-refractivity contribution in [2.45, 2.75) is 50.5 Å². The summed E-state index contributed by atoms with van der Waals surface area (Å²) in [4.78, 5) is 0.213. The van der Waals surface area contributed by atoms with E-state index in [-0.39, 0.29) is 16.0 Å². The largest absolute Gasteiger partial charge is 0.241 e. The molecule has 0 spiro atoms. The molecule has 0 heterocycles. The molecule has 1 aliphatic carbocycles. The highest BCUT2D eigenvalue weighted by atomic mass is 35.5. The van der Waals surface area contributed by atoms with Gasteiger partial charge in [0.25, 0.3) is 0 Å². The van der Waals surface area contributed by atoms with E-state index in [0.29, 0.717) is 16.5 Å². The van der Waals surface area contributed by atoms with Crippen molar-refractivity contribution >= 4 is 33.2 Å². The quantitative estimate of drug-likeness (QED) is 0.901. The molecule has 0 amide bonds. The van der Waals surface area contributed by atoms with Crippen LogP contribution in [0.5, 0.6) is 0 Å². The Hall–Kier alpha value is -0.290. The molecule has 2 unspecified atom stereocenters. The number of hydrogen-bond acceptors (Lipinski definition) is 2. The second-order valence-corrected chi connectivity index (χ2v) is 8.02. The molecule has 1 aromatic carbocycles. The molecule has 1 saturated carbocycles. The topological polar surface area (TPSA) is 46.2 Å². The minimum atomic E-state index is -3.56. The van der Waals surface area contributed by atoms with Gasteiger partial charge in [-0.05, 0) is 43.4 Å². The van der Waals surface area contributed by atoms with Crippen LogP contribution in [0.3, 0.4) is 0 Å². The van der Waals surface area contributed by atoms with Crippen molar-refractivity contribution in [3.63, 3.8) is 0 Å². The lowest BCUT2D eigenvalue weighted by atomic mass is 9.87. The van der Waals surface area contributed by atoms with Crippen LogP contribution < -0.4 is 4.72 Å². The summed E-state index contributed by atoms with van der Waals surface area (Å²) < 4.78 is 27.9. The van der Waals surface area contributed by atoms with Gasteiger partial charge in [-0.3, -0.25) is 0 Å². The standard InChI is InChI=1S/C14H19Cl2NO2S/c1-9-5-3-4-6-13(9)17-20(18,19)14-8-12(16)11(15)7-10(14)2/h7-9,13,17H,3-6H2,1-2H3. The molecular weight excluding hydrogens is 317 g/mol. The predicted molar refractivity (Wildman–Crippen MR) is 82.9 cm³/mol. The highest BCUT2D eigenvalue weighted by Crippen LogP contribution is 2.30. The summed E-state index contributed by atoms with van der Waals surface area (Å²) in [6, 6.07) is 3.01. The van der Waals surface area contributed by atoms with Gasteiger partial charge in [0.05, 0.1) is 14.9 Å². The van der Waals surface area contributed by atoms with Gasteiger partial charge in [0.15, 0.2) is 0 Å². The fourth-order valence-corrected chi connectivity index (χ4v) is 4.75. The van der Waals surface area contributed by atoms with Crippen LogP contribution in [0.15, 0.2) is 17.0 Å². The average Bonchev–Trinajstić information content (AvgIpc) is 2.36. The van der Waals surface area contributed by atoms with Crippen LogP contribution in [0.2, 0.25) is 10.0 Å². The molecule has 2 rings (SSSR count). The highest BCUT2D eigenvalue weighted by Gasteiger charge is 2.28. The van der Waals surface area contributed by atoms with Gasteiger partial charge >= 0.3 is 0 Å². The van der Waals surface area contributed by atoms with Crippen LogP contribution in [-0.4, -0.2) is 14.5 Å². The number of sulfonamides is 1. The molecule has 0 aromatic heterocycles. The molecule has 3 nitrogen and oxygen atoms in total. The molecule has 0 radical (unpaired) electrons. The Labute approximate surface area is 130 Å². The molecule has 0 saturated heterocycles. The maximum Gasteiger partial charge on any atom is 0.241 e.